The number of anilines is 2. The van der Waals surface area contributed by atoms with Gasteiger partial charge in [-0.25, -0.2) is 0 Å². The lowest BCUT2D eigenvalue weighted by Gasteiger charge is -2.46. The van der Waals surface area contributed by atoms with Gasteiger partial charge < -0.3 is 10.6 Å². The van der Waals surface area contributed by atoms with E-state index in [0.717, 1.165) is 0 Å². The Bertz CT molecular complexity index is 1060. The van der Waals surface area contributed by atoms with Crippen LogP contribution in [0.5, 0.6) is 0 Å². The van der Waals surface area contributed by atoms with Crippen LogP contribution >= 0.6 is 23.5 Å². The minimum Gasteiger partial charge on any atom is -0.363 e. The Morgan fingerprint density at radius 2 is 0.800 bits per heavy atom. The molecule has 6 rings (SSSR count). The van der Waals surface area contributed by atoms with Crippen LogP contribution in [0.25, 0.3) is 0 Å². The van der Waals surface area contributed by atoms with Crippen LogP contribution in [0.1, 0.15) is 11.1 Å². The van der Waals surface area contributed by atoms with Crippen LogP contribution < -0.4 is 10.6 Å². The van der Waals surface area contributed by atoms with Crippen molar-refractivity contribution in [3.05, 3.63) is 120 Å². The molecular weight excluding hydrogens is 404 g/mol. The molecule has 4 aromatic rings. The zero-order chi connectivity index (χ0) is 20.0. The summed E-state index contributed by atoms with van der Waals surface area (Å²) in [6, 6.07) is 38.9. The maximum atomic E-state index is 3.96. The summed E-state index contributed by atoms with van der Waals surface area (Å²) >= 11 is 3.81. The molecule has 2 atom stereocenters. The fraction of sp³-hybridized carbons (Fsp3) is 0.0769. The molecule has 0 aromatic heterocycles. The second-order valence-corrected chi connectivity index (χ2v) is 10.1. The molecular formula is C26H20N2S2. The number of benzene rings is 4. The smallest absolute Gasteiger partial charge is 0.151 e. The van der Waals surface area contributed by atoms with E-state index in [4.69, 9.17) is 0 Å². The summed E-state index contributed by atoms with van der Waals surface area (Å²) in [5.41, 5.74) is 4.87. The minimum atomic E-state index is -0.428. The lowest BCUT2D eigenvalue weighted by Crippen LogP contribution is -2.51. The number of thioether (sulfide) groups is 2. The maximum Gasteiger partial charge on any atom is 0.151 e. The molecule has 0 spiro atoms. The lowest BCUT2D eigenvalue weighted by molar-refractivity contribution is 0.555. The van der Waals surface area contributed by atoms with E-state index in [1.165, 1.54) is 32.3 Å². The molecule has 2 aliphatic rings. The summed E-state index contributed by atoms with van der Waals surface area (Å²) < 4.78 is 0. The van der Waals surface area contributed by atoms with Gasteiger partial charge in [-0.3, -0.25) is 0 Å². The van der Waals surface area contributed by atoms with Gasteiger partial charge in [0, 0.05) is 21.2 Å². The van der Waals surface area contributed by atoms with E-state index in [1.54, 1.807) is 0 Å². The number of nitrogens with one attached hydrogen (secondary N) is 2. The van der Waals surface area contributed by atoms with Gasteiger partial charge in [0.25, 0.3) is 0 Å². The topological polar surface area (TPSA) is 24.1 Å². The van der Waals surface area contributed by atoms with Crippen LogP contribution in [0.4, 0.5) is 11.4 Å². The van der Waals surface area contributed by atoms with E-state index in [2.05, 4.69) is 120 Å². The highest BCUT2D eigenvalue weighted by molar-refractivity contribution is 8.05. The van der Waals surface area contributed by atoms with E-state index in [0.29, 0.717) is 0 Å². The van der Waals surface area contributed by atoms with Gasteiger partial charge in [-0.2, -0.15) is 0 Å². The van der Waals surface area contributed by atoms with Crippen molar-refractivity contribution in [3.63, 3.8) is 0 Å². The molecule has 2 aliphatic heterocycles. The summed E-state index contributed by atoms with van der Waals surface area (Å²) in [6.07, 6.45) is 0. The molecule has 0 amide bonds. The number of rotatable bonds is 3. The number of hydrogen-bond donors (Lipinski definition) is 2. The second kappa shape index (κ2) is 6.86. The minimum absolute atomic E-state index is 0.428. The lowest BCUT2D eigenvalue weighted by atomic mass is 9.91. The third-order valence-electron chi connectivity index (χ3n) is 5.78. The van der Waals surface area contributed by atoms with Crippen molar-refractivity contribution in [1.29, 1.82) is 0 Å². The maximum absolute atomic E-state index is 3.96. The fourth-order valence-electron chi connectivity index (χ4n) is 4.41. The third-order valence-corrected chi connectivity index (χ3v) is 8.96. The quantitative estimate of drug-likeness (QED) is 0.365. The highest BCUT2D eigenvalue weighted by atomic mass is 32.2. The zero-order valence-corrected chi connectivity index (χ0v) is 17.8. The van der Waals surface area contributed by atoms with Crippen molar-refractivity contribution >= 4 is 34.9 Å². The molecule has 0 bridgehead atoms. The predicted octanol–water partition coefficient (Wildman–Crippen LogP) is 7.13. The van der Waals surface area contributed by atoms with E-state index in [9.17, 15) is 0 Å². The van der Waals surface area contributed by atoms with Crippen molar-refractivity contribution in [1.82, 2.24) is 0 Å². The predicted molar refractivity (Wildman–Crippen MR) is 128 cm³/mol. The van der Waals surface area contributed by atoms with E-state index >= 15 is 0 Å². The first-order chi connectivity index (χ1) is 14.8. The standard InChI is InChI=1S/C26H20N2S2/c1-3-11-19(12-4-1)25(27-21-15-7-9-17-23(21)29-25)26(20-13-5-2-6-14-20)28-22-16-8-10-18-24(22)30-26/h1-18,27-28H/t25-,26-/m1/s1. The van der Waals surface area contributed by atoms with Crippen LogP contribution in [0.3, 0.4) is 0 Å². The average Bonchev–Trinajstić information content (AvgIpc) is 3.41. The van der Waals surface area contributed by atoms with Gasteiger partial charge in [-0.1, -0.05) is 108 Å². The van der Waals surface area contributed by atoms with Gasteiger partial charge in [0.2, 0.25) is 0 Å². The first-order valence-electron chi connectivity index (χ1n) is 10.0. The average molecular weight is 425 g/mol. The molecule has 4 aromatic carbocycles. The highest BCUT2D eigenvalue weighted by Crippen LogP contribution is 2.67. The molecule has 0 radical (unpaired) electrons. The van der Waals surface area contributed by atoms with Crippen molar-refractivity contribution in [3.8, 4) is 0 Å². The Morgan fingerprint density at radius 1 is 0.433 bits per heavy atom. The summed E-state index contributed by atoms with van der Waals surface area (Å²) in [6.45, 7) is 0. The Hall–Kier alpha value is -2.82. The molecule has 4 heteroatoms. The molecule has 0 saturated heterocycles. The fourth-order valence-corrected chi connectivity index (χ4v) is 7.53. The van der Waals surface area contributed by atoms with Crippen LogP contribution in [0, 0.1) is 0 Å². The van der Waals surface area contributed by atoms with E-state index < -0.39 is 9.74 Å². The van der Waals surface area contributed by atoms with Gasteiger partial charge in [0.1, 0.15) is 0 Å². The monoisotopic (exact) mass is 424 g/mol. The van der Waals surface area contributed by atoms with Crippen LogP contribution in [-0.2, 0) is 9.74 Å². The second-order valence-electron chi connectivity index (χ2n) is 7.54. The van der Waals surface area contributed by atoms with Gasteiger partial charge in [0.15, 0.2) is 9.74 Å². The number of para-hydroxylation sites is 2. The summed E-state index contributed by atoms with van der Waals surface area (Å²) in [7, 11) is 0. The first kappa shape index (κ1) is 18.0. The molecule has 2 heterocycles. The highest BCUT2D eigenvalue weighted by Gasteiger charge is 2.60. The molecule has 0 fully saturated rings. The van der Waals surface area contributed by atoms with E-state index in [-0.39, 0.29) is 0 Å². The zero-order valence-electron chi connectivity index (χ0n) is 16.2. The van der Waals surface area contributed by atoms with Crippen molar-refractivity contribution in [2.45, 2.75) is 19.5 Å². The van der Waals surface area contributed by atoms with E-state index in [1.807, 2.05) is 23.5 Å². The Balaban J connectivity index is 1.63. The Morgan fingerprint density at radius 3 is 1.20 bits per heavy atom. The summed E-state index contributed by atoms with van der Waals surface area (Å²) in [5.74, 6) is 0. The molecule has 2 nitrogen and oxygen atoms in total. The SMILES string of the molecule is c1ccc([C@@]2([C@]3(c4ccccc4)Nc4ccccc4S3)Nc3ccccc3S2)cc1. The van der Waals surface area contributed by atoms with Gasteiger partial charge >= 0.3 is 0 Å². The van der Waals surface area contributed by atoms with Gasteiger partial charge in [-0.05, 0) is 35.4 Å². The Kier molecular flexibility index (Phi) is 4.12. The molecule has 0 unspecified atom stereocenters. The van der Waals surface area contributed by atoms with Gasteiger partial charge in [-0.15, -0.1) is 0 Å². The Labute approximate surface area is 185 Å². The summed E-state index contributed by atoms with van der Waals surface area (Å²) in [5, 5.41) is 7.92. The van der Waals surface area contributed by atoms with Gasteiger partial charge in [0.05, 0.1) is 0 Å². The van der Waals surface area contributed by atoms with Crippen LogP contribution in [0.2, 0.25) is 0 Å². The molecule has 146 valence electrons. The van der Waals surface area contributed by atoms with Crippen molar-refractivity contribution < 1.29 is 0 Å². The third kappa shape index (κ3) is 2.54. The van der Waals surface area contributed by atoms with Crippen molar-refractivity contribution in [2.24, 2.45) is 0 Å². The molecule has 0 saturated carbocycles. The molecule has 2 N–H and O–H groups in total. The largest absolute Gasteiger partial charge is 0.363 e. The normalized spacial score (nSPS) is 23.9. The van der Waals surface area contributed by atoms with Crippen LogP contribution in [-0.4, -0.2) is 0 Å². The summed E-state index contributed by atoms with van der Waals surface area (Å²) in [4.78, 5) is 1.69. The van der Waals surface area contributed by atoms with Crippen LogP contribution in [0.15, 0.2) is 119 Å². The van der Waals surface area contributed by atoms with Crippen molar-refractivity contribution in [2.75, 3.05) is 10.6 Å². The number of hydrogen-bond acceptors (Lipinski definition) is 4. The first-order valence-corrected chi connectivity index (χ1v) is 11.7. The molecule has 0 aliphatic carbocycles. The number of fused-ring (bicyclic) bond motifs is 2. The molecule has 30 heavy (non-hydrogen) atoms.